The monoisotopic (exact) mass is 514 g/mol. The van der Waals surface area contributed by atoms with E-state index in [-0.39, 0.29) is 5.91 Å². The van der Waals surface area contributed by atoms with Crippen LogP contribution >= 0.6 is 27.3 Å². The highest BCUT2D eigenvalue weighted by atomic mass is 79.9. The topological polar surface area (TPSA) is 60.5 Å². The molecule has 2 aromatic carbocycles. The van der Waals surface area contributed by atoms with Gasteiger partial charge in [-0.1, -0.05) is 48.0 Å². The molecule has 0 aliphatic heterocycles. The Balaban J connectivity index is 1.64. The Bertz CT molecular complexity index is 1090. The molecule has 1 heterocycles. The van der Waals surface area contributed by atoms with Crippen LogP contribution in [0.5, 0.6) is 11.5 Å². The van der Waals surface area contributed by atoms with Crippen molar-refractivity contribution in [2.24, 2.45) is 5.92 Å². The number of aryl methyl sites for hydroxylation is 1. The summed E-state index contributed by atoms with van der Waals surface area (Å²) in [6, 6.07) is 13.6. The number of carbonyl (C=O) groups is 1. The zero-order chi connectivity index (χ0) is 23.1. The van der Waals surface area contributed by atoms with Crippen molar-refractivity contribution in [2.75, 3.05) is 19.0 Å². The third kappa shape index (κ3) is 6.68. The van der Waals surface area contributed by atoms with Crippen molar-refractivity contribution >= 4 is 44.4 Å². The van der Waals surface area contributed by atoms with Crippen molar-refractivity contribution < 1.29 is 14.3 Å². The summed E-state index contributed by atoms with van der Waals surface area (Å²) < 4.78 is 12.3. The van der Waals surface area contributed by atoms with Crippen LogP contribution in [0.2, 0.25) is 0 Å². The molecule has 0 saturated carbocycles. The van der Waals surface area contributed by atoms with E-state index in [4.69, 9.17) is 9.47 Å². The second kappa shape index (κ2) is 11.3. The number of nitrogens with one attached hydrogen (secondary N) is 1. The van der Waals surface area contributed by atoms with Crippen LogP contribution in [0, 0.1) is 12.8 Å². The highest BCUT2D eigenvalue weighted by Crippen LogP contribution is 2.31. The Morgan fingerprint density at radius 2 is 1.94 bits per heavy atom. The number of amides is 1. The highest BCUT2D eigenvalue weighted by Gasteiger charge is 2.11. The molecular formula is C25H27BrN2O3S. The lowest BCUT2D eigenvalue weighted by atomic mass is 10.1. The van der Waals surface area contributed by atoms with Gasteiger partial charge in [0.2, 0.25) is 5.91 Å². The maximum atomic E-state index is 12.4. The summed E-state index contributed by atoms with van der Waals surface area (Å²) in [6.07, 6.45) is 4.21. The Hall–Kier alpha value is -2.64. The van der Waals surface area contributed by atoms with Gasteiger partial charge in [-0.25, -0.2) is 4.98 Å². The molecule has 168 valence electrons. The number of thiazole rings is 1. The lowest BCUT2D eigenvalue weighted by molar-refractivity contribution is -0.111. The van der Waals surface area contributed by atoms with Crippen LogP contribution in [-0.2, 0) is 4.79 Å². The Morgan fingerprint density at radius 3 is 2.62 bits per heavy atom. The number of methoxy groups -OCH3 is 1. The molecule has 0 aliphatic rings. The molecule has 0 radical (unpaired) electrons. The smallest absolute Gasteiger partial charge is 0.250 e. The molecule has 1 amide bonds. The predicted molar refractivity (Wildman–Crippen MR) is 136 cm³/mol. The van der Waals surface area contributed by atoms with Gasteiger partial charge in [0.05, 0.1) is 19.4 Å². The average molecular weight is 515 g/mol. The van der Waals surface area contributed by atoms with E-state index in [1.165, 1.54) is 17.4 Å². The standard InChI is InChI=1S/C25H27BrN2O3S/c1-16(2)13-14-31-21-11-5-18(15-22(21)30-4)6-12-23(29)27-25-28-24(17(3)32-25)19-7-9-20(26)10-8-19/h5-12,15-16H,13-14H2,1-4H3,(H,27,28,29)/b12-6+. The van der Waals surface area contributed by atoms with Crippen LogP contribution in [0.4, 0.5) is 5.13 Å². The molecule has 0 spiro atoms. The summed E-state index contributed by atoms with van der Waals surface area (Å²) >= 11 is 4.90. The number of carbonyl (C=O) groups excluding carboxylic acids is 1. The van der Waals surface area contributed by atoms with E-state index in [1.807, 2.05) is 49.4 Å². The van der Waals surface area contributed by atoms with Crippen LogP contribution < -0.4 is 14.8 Å². The van der Waals surface area contributed by atoms with Crippen LogP contribution in [0.3, 0.4) is 0 Å². The lowest BCUT2D eigenvalue weighted by Crippen LogP contribution is -2.07. The van der Waals surface area contributed by atoms with Gasteiger partial charge in [-0.15, -0.1) is 11.3 Å². The first-order chi connectivity index (χ1) is 15.4. The van der Waals surface area contributed by atoms with Crippen molar-refractivity contribution in [1.29, 1.82) is 0 Å². The molecular weight excluding hydrogens is 488 g/mol. The predicted octanol–water partition coefficient (Wildman–Crippen LogP) is 6.97. The summed E-state index contributed by atoms with van der Waals surface area (Å²) in [5.74, 6) is 1.69. The van der Waals surface area contributed by atoms with Gasteiger partial charge >= 0.3 is 0 Å². The number of ether oxygens (including phenoxy) is 2. The first kappa shape index (κ1) is 24.0. The molecule has 3 aromatic rings. The van der Waals surface area contributed by atoms with E-state index >= 15 is 0 Å². The van der Waals surface area contributed by atoms with Crippen LogP contribution in [0.25, 0.3) is 17.3 Å². The zero-order valence-electron chi connectivity index (χ0n) is 18.6. The van der Waals surface area contributed by atoms with Crippen LogP contribution in [0.1, 0.15) is 30.7 Å². The first-order valence-electron chi connectivity index (χ1n) is 10.4. The molecule has 1 N–H and O–H groups in total. The summed E-state index contributed by atoms with van der Waals surface area (Å²) in [4.78, 5) is 18.1. The fourth-order valence-electron chi connectivity index (χ4n) is 2.96. The Labute approximate surface area is 201 Å². The summed E-state index contributed by atoms with van der Waals surface area (Å²) in [7, 11) is 1.61. The van der Waals surface area contributed by atoms with Crippen molar-refractivity contribution in [2.45, 2.75) is 27.2 Å². The van der Waals surface area contributed by atoms with Crippen LogP contribution in [0.15, 0.2) is 53.0 Å². The number of anilines is 1. The van der Waals surface area contributed by atoms with Crippen molar-refractivity contribution in [1.82, 2.24) is 4.98 Å². The third-order valence-electron chi connectivity index (χ3n) is 4.71. The van der Waals surface area contributed by atoms with Crippen molar-refractivity contribution in [3.05, 3.63) is 63.5 Å². The minimum atomic E-state index is -0.239. The van der Waals surface area contributed by atoms with Gasteiger partial charge in [-0.05, 0) is 55.2 Å². The number of aromatic nitrogens is 1. The number of benzene rings is 2. The molecule has 0 atom stereocenters. The molecule has 0 bridgehead atoms. The van der Waals surface area contributed by atoms with Gasteiger partial charge in [0.25, 0.3) is 0 Å². The normalized spacial score (nSPS) is 11.2. The zero-order valence-corrected chi connectivity index (χ0v) is 21.0. The molecule has 32 heavy (non-hydrogen) atoms. The van der Waals surface area contributed by atoms with E-state index in [2.05, 4.69) is 40.1 Å². The second-order valence-corrected chi connectivity index (χ2v) is 9.81. The fraction of sp³-hybridized carbons (Fsp3) is 0.280. The quantitative estimate of drug-likeness (QED) is 0.313. The number of hydrogen-bond donors (Lipinski definition) is 1. The minimum absolute atomic E-state index is 0.239. The molecule has 5 nitrogen and oxygen atoms in total. The van der Waals surface area contributed by atoms with E-state index in [1.54, 1.807) is 13.2 Å². The summed E-state index contributed by atoms with van der Waals surface area (Å²) in [5, 5.41) is 3.42. The number of rotatable bonds is 9. The minimum Gasteiger partial charge on any atom is -0.493 e. The molecule has 7 heteroatoms. The summed E-state index contributed by atoms with van der Waals surface area (Å²) in [6.45, 7) is 6.96. The lowest BCUT2D eigenvalue weighted by Gasteiger charge is -2.12. The molecule has 0 saturated heterocycles. The van der Waals surface area contributed by atoms with E-state index < -0.39 is 0 Å². The summed E-state index contributed by atoms with van der Waals surface area (Å²) in [5.41, 5.74) is 2.74. The Kier molecular flexibility index (Phi) is 8.47. The van der Waals surface area contributed by atoms with Crippen molar-refractivity contribution in [3.63, 3.8) is 0 Å². The average Bonchev–Trinajstić information content (AvgIpc) is 3.12. The fourth-order valence-corrected chi connectivity index (χ4v) is 4.06. The van der Waals surface area contributed by atoms with Crippen molar-refractivity contribution in [3.8, 4) is 22.8 Å². The number of hydrogen-bond acceptors (Lipinski definition) is 5. The van der Waals surface area contributed by atoms with Gasteiger partial charge in [0.15, 0.2) is 16.6 Å². The van der Waals surface area contributed by atoms with Gasteiger partial charge in [0.1, 0.15) is 0 Å². The molecule has 0 unspecified atom stereocenters. The first-order valence-corrected chi connectivity index (χ1v) is 12.0. The second-order valence-electron chi connectivity index (χ2n) is 7.69. The number of nitrogens with zero attached hydrogens (tertiary/aromatic N) is 1. The molecule has 0 fully saturated rings. The van der Waals surface area contributed by atoms with E-state index in [0.29, 0.717) is 29.2 Å². The highest BCUT2D eigenvalue weighted by molar-refractivity contribution is 9.10. The van der Waals surface area contributed by atoms with Crippen LogP contribution in [-0.4, -0.2) is 24.6 Å². The largest absolute Gasteiger partial charge is 0.493 e. The SMILES string of the molecule is COc1cc(/C=C/C(=O)Nc2nc(-c3ccc(Br)cc3)c(C)s2)ccc1OCCC(C)C. The van der Waals surface area contributed by atoms with E-state index in [0.717, 1.165) is 32.6 Å². The van der Waals surface area contributed by atoms with Gasteiger partial charge in [-0.3, -0.25) is 10.1 Å². The van der Waals surface area contributed by atoms with E-state index in [9.17, 15) is 4.79 Å². The third-order valence-corrected chi connectivity index (χ3v) is 6.13. The molecule has 3 rings (SSSR count). The maximum Gasteiger partial charge on any atom is 0.250 e. The van der Waals surface area contributed by atoms with Gasteiger partial charge in [0, 0.05) is 21.0 Å². The molecule has 0 aliphatic carbocycles. The Morgan fingerprint density at radius 1 is 1.19 bits per heavy atom. The number of halogens is 1. The maximum absolute atomic E-state index is 12.4. The van der Waals surface area contributed by atoms with Gasteiger partial charge < -0.3 is 9.47 Å². The molecule has 1 aromatic heterocycles. The van der Waals surface area contributed by atoms with Gasteiger partial charge in [-0.2, -0.15) is 0 Å².